The second kappa shape index (κ2) is 20.4. The molecule has 0 aliphatic heterocycles. The van der Waals surface area contributed by atoms with Crippen molar-refractivity contribution < 1.29 is 0 Å². The van der Waals surface area contributed by atoms with E-state index in [2.05, 4.69) is 189 Å². The van der Waals surface area contributed by atoms with Crippen LogP contribution in [0, 0.1) is 0 Å². The summed E-state index contributed by atoms with van der Waals surface area (Å²) in [6.07, 6.45) is 14.5. The molecular formula is C64H60N4S6. The maximum atomic E-state index is 2.51. The highest BCUT2D eigenvalue weighted by atomic mass is 32.1. The average molecular weight is 1080 g/mol. The van der Waals surface area contributed by atoms with E-state index in [1.54, 1.807) is 0 Å². The first-order valence-corrected chi connectivity index (χ1v) is 31.9. The van der Waals surface area contributed by atoms with Crippen molar-refractivity contribution in [1.82, 2.24) is 18.3 Å². The fourth-order valence-electron chi connectivity index (χ4n) is 11.2. The van der Waals surface area contributed by atoms with Crippen molar-refractivity contribution >= 4 is 150 Å². The van der Waals surface area contributed by atoms with Crippen LogP contribution in [0.15, 0.2) is 143 Å². The summed E-state index contributed by atoms with van der Waals surface area (Å²) in [5.74, 6) is 0. The lowest BCUT2D eigenvalue weighted by atomic mass is 10.1. The Morgan fingerprint density at radius 3 is 0.689 bits per heavy atom. The number of aromatic nitrogens is 4. The molecule has 0 aliphatic carbocycles. The van der Waals surface area contributed by atoms with Crippen LogP contribution in [0.5, 0.6) is 0 Å². The third kappa shape index (κ3) is 8.14. The maximum Gasteiger partial charge on any atom is 0.0908 e. The molecule has 0 bridgehead atoms. The van der Waals surface area contributed by atoms with Crippen molar-refractivity contribution in [2.24, 2.45) is 0 Å². The highest BCUT2D eigenvalue weighted by molar-refractivity contribution is 7.34. The summed E-state index contributed by atoms with van der Waals surface area (Å²) in [5, 5.41) is 8.96. The van der Waals surface area contributed by atoms with Crippen LogP contribution >= 0.6 is 68.0 Å². The number of hydrogen-bond acceptors (Lipinski definition) is 6. The van der Waals surface area contributed by atoms with Gasteiger partial charge in [0.2, 0.25) is 0 Å². The molecule has 0 N–H and O–H groups in total. The van der Waals surface area contributed by atoms with Gasteiger partial charge in [-0.05, 0) is 168 Å². The van der Waals surface area contributed by atoms with Crippen molar-refractivity contribution in [3.63, 3.8) is 0 Å². The van der Waals surface area contributed by atoms with Gasteiger partial charge in [0.05, 0.1) is 81.7 Å². The highest BCUT2D eigenvalue weighted by Crippen LogP contribution is 2.51. The number of rotatable bonds is 16. The molecule has 14 rings (SSSR count). The van der Waals surface area contributed by atoms with Gasteiger partial charge in [-0.25, -0.2) is 0 Å². The van der Waals surface area contributed by atoms with Crippen LogP contribution in [-0.4, -0.2) is 18.3 Å². The average Bonchev–Trinajstić information content (AvgIpc) is 4.31. The summed E-state index contributed by atoms with van der Waals surface area (Å²) in [6, 6.07) is 46.4. The van der Waals surface area contributed by atoms with Gasteiger partial charge < -0.3 is 18.3 Å². The normalized spacial score (nSPS) is 12.2. The minimum atomic E-state index is 1.15. The first-order chi connectivity index (χ1) is 36.6. The van der Waals surface area contributed by atoms with E-state index in [-0.39, 0.29) is 0 Å². The molecule has 0 spiro atoms. The molecule has 0 atom stereocenters. The minimum Gasteiger partial charge on any atom is -0.306 e. The van der Waals surface area contributed by atoms with E-state index in [4.69, 9.17) is 0 Å². The molecule has 0 aliphatic rings. The molecular weight excluding hydrogens is 1020 g/mol. The number of nitrogens with zero attached hydrogens (tertiary/aromatic N) is 4. The smallest absolute Gasteiger partial charge is 0.0908 e. The van der Waals surface area contributed by atoms with Crippen LogP contribution in [0.3, 0.4) is 0 Å². The Hall–Kier alpha value is -5.72. The van der Waals surface area contributed by atoms with Gasteiger partial charge in [-0.1, -0.05) is 102 Å². The Bertz CT molecular complexity index is 3680. The molecule has 4 nitrogen and oxygen atoms in total. The van der Waals surface area contributed by atoms with Gasteiger partial charge in [0.25, 0.3) is 0 Å². The summed E-state index contributed by atoms with van der Waals surface area (Å²) >= 11 is 11.4. The second-order valence-corrected chi connectivity index (χ2v) is 25.6. The number of hydrogen-bond donors (Lipinski definition) is 0. The predicted molar refractivity (Wildman–Crippen MR) is 332 cm³/mol. The number of unbranched alkanes of at least 4 members (excludes halogenated alkanes) is 4. The molecule has 14 aromatic rings. The van der Waals surface area contributed by atoms with Gasteiger partial charge in [-0.15, -0.1) is 68.0 Å². The molecule has 10 aromatic heterocycles. The van der Waals surface area contributed by atoms with Crippen LogP contribution in [0.4, 0.5) is 0 Å². The summed E-state index contributed by atoms with van der Waals surface area (Å²) in [7, 11) is 0. The third-order valence-electron chi connectivity index (χ3n) is 15.0. The lowest BCUT2D eigenvalue weighted by Gasteiger charge is -2.11. The minimum absolute atomic E-state index is 1.15. The standard InChI is InChI=1S/2C32H30N2S3/c2*1-3-5-7-21-9-13-23(14-10-21)33-25-17-19-35-29(25)31-27(33)28-32(37-31)30-26(18-20-36-30)34(28)24-15-11-22(12-16-24)8-6-4-2/h2*9-20H,3-8H2,1-2H3. The molecule has 0 saturated carbocycles. The molecule has 0 radical (unpaired) electrons. The third-order valence-corrected chi connectivity index (χ3v) is 21.6. The van der Waals surface area contributed by atoms with Crippen molar-refractivity contribution in [2.45, 2.75) is 105 Å². The van der Waals surface area contributed by atoms with Crippen LogP contribution in [0.2, 0.25) is 0 Å². The SMILES string of the molecule is CCCCc1ccc(-n2c3ccsc3c3sc4c5sccc5n(-c5ccc(CCCC)cc5)c4c32)cc1.CCCCc1ccc(-n2c3ccsc3c3sc4c5sccc5n(-c5ccc(CCCC)cc5)c4c32)cc1. The summed E-state index contributed by atoms with van der Waals surface area (Å²) in [5.41, 5.74) is 21.4. The van der Waals surface area contributed by atoms with Crippen molar-refractivity contribution in [3.8, 4) is 22.7 Å². The van der Waals surface area contributed by atoms with E-state index in [1.165, 1.54) is 178 Å². The predicted octanol–water partition coefficient (Wildman–Crippen LogP) is 21.5. The van der Waals surface area contributed by atoms with Gasteiger partial charge in [0.1, 0.15) is 0 Å². The Morgan fingerprint density at radius 1 is 0.270 bits per heavy atom. The van der Waals surface area contributed by atoms with E-state index in [1.807, 2.05) is 68.0 Å². The number of benzene rings is 4. The van der Waals surface area contributed by atoms with Gasteiger partial charge in [0.15, 0.2) is 0 Å². The van der Waals surface area contributed by atoms with Gasteiger partial charge in [-0.2, -0.15) is 0 Å². The van der Waals surface area contributed by atoms with E-state index in [0.29, 0.717) is 0 Å². The highest BCUT2D eigenvalue weighted by Gasteiger charge is 2.27. The van der Waals surface area contributed by atoms with E-state index in [9.17, 15) is 0 Å². The second-order valence-electron chi connectivity index (χ2n) is 19.9. The molecule has 0 unspecified atom stereocenters. The molecule has 0 saturated heterocycles. The molecule has 0 fully saturated rings. The number of aryl methyl sites for hydroxylation is 4. The Kier molecular flexibility index (Phi) is 13.2. The fraction of sp³-hybridized carbons (Fsp3) is 0.250. The van der Waals surface area contributed by atoms with Gasteiger partial charge in [0, 0.05) is 22.7 Å². The van der Waals surface area contributed by atoms with Crippen LogP contribution in [0.1, 0.15) is 101 Å². The molecule has 74 heavy (non-hydrogen) atoms. The Labute approximate surface area is 457 Å². The lowest BCUT2D eigenvalue weighted by molar-refractivity contribution is 0.795. The molecule has 10 heteroatoms. The summed E-state index contributed by atoms with van der Waals surface area (Å²) in [4.78, 5) is 0. The van der Waals surface area contributed by atoms with Gasteiger partial charge in [-0.3, -0.25) is 0 Å². The first kappa shape index (κ1) is 48.0. The van der Waals surface area contributed by atoms with Crippen LogP contribution in [-0.2, 0) is 25.7 Å². The van der Waals surface area contributed by atoms with E-state index in [0.717, 1.165) is 25.7 Å². The zero-order chi connectivity index (χ0) is 49.9. The largest absolute Gasteiger partial charge is 0.306 e. The Morgan fingerprint density at radius 2 is 0.486 bits per heavy atom. The first-order valence-electron chi connectivity index (χ1n) is 26.8. The van der Waals surface area contributed by atoms with Crippen molar-refractivity contribution in [3.05, 3.63) is 165 Å². The van der Waals surface area contributed by atoms with Crippen LogP contribution in [0.25, 0.3) is 104 Å². The summed E-state index contributed by atoms with van der Waals surface area (Å²) < 4.78 is 21.3. The molecule has 10 heterocycles. The molecule has 372 valence electrons. The molecule has 0 amide bonds. The number of fused-ring (bicyclic) bond motifs is 14. The van der Waals surface area contributed by atoms with Gasteiger partial charge >= 0.3 is 0 Å². The fourth-order valence-corrected chi connectivity index (χ4v) is 17.9. The van der Waals surface area contributed by atoms with Crippen molar-refractivity contribution in [1.29, 1.82) is 0 Å². The van der Waals surface area contributed by atoms with E-state index < -0.39 is 0 Å². The van der Waals surface area contributed by atoms with Crippen LogP contribution < -0.4 is 0 Å². The zero-order valence-electron chi connectivity index (χ0n) is 42.6. The topological polar surface area (TPSA) is 19.7 Å². The monoisotopic (exact) mass is 1080 g/mol. The summed E-state index contributed by atoms with van der Waals surface area (Å²) in [6.45, 7) is 9.05. The molecule has 4 aromatic carbocycles. The number of thiophene rings is 6. The maximum absolute atomic E-state index is 2.51. The quantitative estimate of drug-likeness (QED) is 0.0919. The zero-order valence-corrected chi connectivity index (χ0v) is 47.5. The Balaban J connectivity index is 0.000000143. The van der Waals surface area contributed by atoms with E-state index >= 15 is 0 Å². The lowest BCUT2D eigenvalue weighted by Crippen LogP contribution is -1.98. The van der Waals surface area contributed by atoms with Crippen molar-refractivity contribution in [2.75, 3.05) is 0 Å².